The molecule has 2 heterocycles. The van der Waals surface area contributed by atoms with E-state index in [4.69, 9.17) is 5.73 Å². The van der Waals surface area contributed by atoms with Gasteiger partial charge in [0.1, 0.15) is 0 Å². The third-order valence-electron chi connectivity index (χ3n) is 5.03. The van der Waals surface area contributed by atoms with Crippen LogP contribution in [0.1, 0.15) is 38.2 Å². The highest BCUT2D eigenvalue weighted by atomic mass is 127. The maximum Gasteiger partial charge on any atom is 0.243 e. The van der Waals surface area contributed by atoms with Crippen LogP contribution < -0.4 is 5.73 Å². The van der Waals surface area contributed by atoms with Crippen molar-refractivity contribution in [3.05, 3.63) is 29.8 Å². The average molecular weight is 492 g/mol. The molecule has 2 saturated heterocycles. The van der Waals surface area contributed by atoms with Crippen molar-refractivity contribution in [2.24, 2.45) is 16.6 Å². The first-order valence-electron chi connectivity index (χ1n) is 9.11. The number of rotatable bonds is 4. The van der Waals surface area contributed by atoms with Crippen LogP contribution in [0.2, 0.25) is 0 Å². The quantitative estimate of drug-likeness (QED) is 0.398. The Balaban J connectivity index is 0.00000243. The Bertz CT molecular complexity index is 715. The molecule has 0 spiro atoms. The van der Waals surface area contributed by atoms with E-state index < -0.39 is 10.0 Å². The van der Waals surface area contributed by atoms with E-state index in [1.54, 1.807) is 16.4 Å². The summed E-state index contributed by atoms with van der Waals surface area (Å²) in [5, 5.41) is 0. The second kappa shape index (κ2) is 9.36. The summed E-state index contributed by atoms with van der Waals surface area (Å²) in [6, 6.07) is 7.02. The Labute approximate surface area is 173 Å². The Hall–Kier alpha value is -0.870. The number of hydrogen-bond acceptors (Lipinski definition) is 3. The van der Waals surface area contributed by atoms with E-state index in [2.05, 4.69) is 16.8 Å². The number of guanidine groups is 1. The number of sulfonamides is 1. The number of hydrogen-bond donors (Lipinski definition) is 1. The van der Waals surface area contributed by atoms with Gasteiger partial charge >= 0.3 is 0 Å². The van der Waals surface area contributed by atoms with Gasteiger partial charge in [-0.05, 0) is 49.3 Å². The van der Waals surface area contributed by atoms with Gasteiger partial charge in [0.05, 0.1) is 11.4 Å². The summed E-state index contributed by atoms with van der Waals surface area (Å²) >= 11 is 0. The maximum atomic E-state index is 12.5. The molecular formula is C18H29IN4O2S. The molecule has 26 heavy (non-hydrogen) atoms. The standard InChI is InChI=1S/C18H28N4O2S.HI/c1-15-5-4-10-21(14-15)18(19)20-13-16-6-8-17(9-7-16)25(23,24)22-11-2-3-12-22;/h6-9,15H,2-5,10-14H2,1H3,(H2,19,20);1H. The molecule has 2 fully saturated rings. The Morgan fingerprint density at radius 1 is 1.15 bits per heavy atom. The number of halogens is 1. The molecule has 1 aromatic rings. The second-order valence-corrected chi connectivity index (χ2v) is 9.06. The van der Waals surface area contributed by atoms with Crippen molar-refractivity contribution < 1.29 is 8.42 Å². The molecule has 2 aliphatic heterocycles. The normalized spacial score (nSPS) is 22.3. The molecule has 0 aromatic heterocycles. The minimum Gasteiger partial charge on any atom is -0.370 e. The molecule has 0 amide bonds. The third kappa shape index (κ3) is 5.10. The summed E-state index contributed by atoms with van der Waals surface area (Å²) < 4.78 is 26.6. The SMILES string of the molecule is CC1CCCN(C(N)=NCc2ccc(S(=O)(=O)N3CCCC3)cc2)C1.I. The molecular weight excluding hydrogens is 463 g/mol. The molecule has 146 valence electrons. The highest BCUT2D eigenvalue weighted by Crippen LogP contribution is 2.21. The van der Waals surface area contributed by atoms with Crippen LogP contribution in [-0.2, 0) is 16.6 Å². The van der Waals surface area contributed by atoms with Gasteiger partial charge in [-0.1, -0.05) is 19.1 Å². The highest BCUT2D eigenvalue weighted by molar-refractivity contribution is 14.0. The number of nitrogens with zero attached hydrogens (tertiary/aromatic N) is 3. The summed E-state index contributed by atoms with van der Waals surface area (Å²) in [5.74, 6) is 1.23. The lowest BCUT2D eigenvalue weighted by Gasteiger charge is -2.31. The van der Waals surface area contributed by atoms with Crippen LogP contribution in [0.25, 0.3) is 0 Å². The highest BCUT2D eigenvalue weighted by Gasteiger charge is 2.26. The van der Waals surface area contributed by atoms with Crippen LogP contribution in [0.5, 0.6) is 0 Å². The van der Waals surface area contributed by atoms with Crippen molar-refractivity contribution in [1.29, 1.82) is 0 Å². The van der Waals surface area contributed by atoms with Crippen LogP contribution in [-0.4, -0.2) is 49.8 Å². The van der Waals surface area contributed by atoms with Gasteiger partial charge in [0.2, 0.25) is 10.0 Å². The lowest BCUT2D eigenvalue weighted by Crippen LogP contribution is -2.43. The zero-order valence-corrected chi connectivity index (χ0v) is 18.4. The van der Waals surface area contributed by atoms with Gasteiger partial charge < -0.3 is 10.6 Å². The van der Waals surface area contributed by atoms with Gasteiger partial charge in [0, 0.05) is 26.2 Å². The van der Waals surface area contributed by atoms with Gasteiger partial charge in [-0.2, -0.15) is 4.31 Å². The first-order chi connectivity index (χ1) is 12.0. The number of benzene rings is 1. The summed E-state index contributed by atoms with van der Waals surface area (Å²) in [4.78, 5) is 6.98. The lowest BCUT2D eigenvalue weighted by atomic mass is 10.0. The average Bonchev–Trinajstić information content (AvgIpc) is 3.15. The molecule has 1 atom stereocenters. The monoisotopic (exact) mass is 492 g/mol. The Morgan fingerprint density at radius 2 is 1.81 bits per heavy atom. The number of aliphatic imine (C=N–C) groups is 1. The van der Waals surface area contributed by atoms with Crippen molar-refractivity contribution in [1.82, 2.24) is 9.21 Å². The fourth-order valence-electron chi connectivity index (χ4n) is 3.51. The van der Waals surface area contributed by atoms with E-state index >= 15 is 0 Å². The molecule has 0 radical (unpaired) electrons. The van der Waals surface area contributed by atoms with E-state index in [1.807, 2.05) is 12.1 Å². The topological polar surface area (TPSA) is 79.0 Å². The fourth-order valence-corrected chi connectivity index (χ4v) is 5.03. The predicted octanol–water partition coefficient (Wildman–Crippen LogP) is 2.64. The first kappa shape index (κ1) is 21.4. The van der Waals surface area contributed by atoms with E-state index in [9.17, 15) is 8.42 Å². The van der Waals surface area contributed by atoms with E-state index in [0.717, 1.165) is 37.9 Å². The van der Waals surface area contributed by atoms with Crippen LogP contribution in [0.3, 0.4) is 0 Å². The molecule has 0 bridgehead atoms. The van der Waals surface area contributed by atoms with Crippen molar-refractivity contribution in [2.45, 2.75) is 44.0 Å². The van der Waals surface area contributed by atoms with Gasteiger partial charge in [-0.3, -0.25) is 0 Å². The number of nitrogens with two attached hydrogens (primary N) is 1. The van der Waals surface area contributed by atoms with E-state index in [1.165, 1.54) is 6.42 Å². The molecule has 0 aliphatic carbocycles. The van der Waals surface area contributed by atoms with Crippen molar-refractivity contribution >= 4 is 40.0 Å². The summed E-state index contributed by atoms with van der Waals surface area (Å²) in [7, 11) is -3.35. The molecule has 2 aliphatic rings. The fraction of sp³-hybridized carbons (Fsp3) is 0.611. The van der Waals surface area contributed by atoms with Crippen LogP contribution >= 0.6 is 24.0 Å². The summed E-state index contributed by atoms with van der Waals surface area (Å²) in [5.41, 5.74) is 7.08. The van der Waals surface area contributed by atoms with E-state index in [0.29, 0.717) is 36.4 Å². The van der Waals surface area contributed by atoms with Gasteiger partial charge in [0.15, 0.2) is 5.96 Å². The van der Waals surface area contributed by atoms with Crippen molar-refractivity contribution in [3.8, 4) is 0 Å². The van der Waals surface area contributed by atoms with Gasteiger partial charge in [0.25, 0.3) is 0 Å². The summed E-state index contributed by atoms with van der Waals surface area (Å²) in [6.45, 7) is 5.88. The molecule has 0 saturated carbocycles. The predicted molar refractivity (Wildman–Crippen MR) is 115 cm³/mol. The van der Waals surface area contributed by atoms with Crippen LogP contribution in [0.15, 0.2) is 34.2 Å². The minimum absolute atomic E-state index is 0. The Morgan fingerprint density at radius 3 is 2.42 bits per heavy atom. The number of likely N-dealkylation sites (tertiary alicyclic amines) is 1. The minimum atomic E-state index is -3.35. The zero-order chi connectivity index (χ0) is 17.9. The molecule has 1 unspecified atom stereocenters. The zero-order valence-electron chi connectivity index (χ0n) is 15.3. The largest absolute Gasteiger partial charge is 0.370 e. The van der Waals surface area contributed by atoms with Crippen LogP contribution in [0, 0.1) is 5.92 Å². The van der Waals surface area contributed by atoms with Gasteiger partial charge in [-0.25, -0.2) is 13.4 Å². The van der Waals surface area contributed by atoms with E-state index in [-0.39, 0.29) is 24.0 Å². The maximum absolute atomic E-state index is 12.5. The smallest absolute Gasteiger partial charge is 0.243 e. The molecule has 3 rings (SSSR count). The number of piperidine rings is 1. The molecule has 1 aromatic carbocycles. The van der Waals surface area contributed by atoms with Crippen molar-refractivity contribution in [2.75, 3.05) is 26.2 Å². The third-order valence-corrected chi connectivity index (χ3v) is 6.94. The van der Waals surface area contributed by atoms with Crippen LogP contribution in [0.4, 0.5) is 0 Å². The first-order valence-corrected chi connectivity index (χ1v) is 10.5. The Kier molecular flexibility index (Phi) is 7.72. The second-order valence-electron chi connectivity index (χ2n) is 7.12. The van der Waals surface area contributed by atoms with Crippen molar-refractivity contribution in [3.63, 3.8) is 0 Å². The lowest BCUT2D eigenvalue weighted by molar-refractivity contribution is 0.270. The molecule has 8 heteroatoms. The summed E-state index contributed by atoms with van der Waals surface area (Å²) in [6.07, 6.45) is 4.29. The molecule has 2 N–H and O–H groups in total. The molecule has 6 nitrogen and oxygen atoms in total. The van der Waals surface area contributed by atoms with Gasteiger partial charge in [-0.15, -0.1) is 24.0 Å².